The van der Waals surface area contributed by atoms with E-state index in [0.29, 0.717) is 0 Å². The lowest BCUT2D eigenvalue weighted by atomic mass is 9.93. The first-order valence-electron chi connectivity index (χ1n) is 6.73. The zero-order valence-corrected chi connectivity index (χ0v) is 10.5. The zero-order valence-electron chi connectivity index (χ0n) is 10.5. The minimum atomic E-state index is 0.0961. The van der Waals surface area contributed by atoms with Crippen molar-refractivity contribution in [2.75, 3.05) is 32.8 Å². The average Bonchev–Trinajstić information content (AvgIpc) is 2.74. The molecule has 3 atom stereocenters. The van der Waals surface area contributed by atoms with E-state index < -0.39 is 0 Å². The standard InChI is InChI=1S/C13H24N2O/c1-13(2)5-12(3-4-16-13)15-8-10-6-14-7-11(10)9-15/h10-12,14H,3-9H2,1-2H3. The number of nitrogens with zero attached hydrogens (tertiary/aromatic N) is 1. The second-order valence-electron chi connectivity index (χ2n) is 6.39. The van der Waals surface area contributed by atoms with E-state index in [1.165, 1.54) is 39.0 Å². The molecule has 0 spiro atoms. The van der Waals surface area contributed by atoms with Crippen molar-refractivity contribution in [1.29, 1.82) is 0 Å². The molecule has 0 amide bonds. The molecule has 3 rings (SSSR count). The molecule has 3 nitrogen and oxygen atoms in total. The molecule has 1 N–H and O–H groups in total. The Balaban J connectivity index is 1.62. The van der Waals surface area contributed by atoms with Crippen molar-refractivity contribution < 1.29 is 4.74 Å². The lowest BCUT2D eigenvalue weighted by molar-refractivity contribution is -0.0810. The van der Waals surface area contributed by atoms with Gasteiger partial charge in [-0.25, -0.2) is 0 Å². The molecule has 0 aromatic heterocycles. The van der Waals surface area contributed by atoms with Gasteiger partial charge in [0.2, 0.25) is 0 Å². The minimum Gasteiger partial charge on any atom is -0.375 e. The van der Waals surface area contributed by atoms with Crippen LogP contribution in [0.2, 0.25) is 0 Å². The monoisotopic (exact) mass is 224 g/mol. The van der Waals surface area contributed by atoms with Crippen LogP contribution < -0.4 is 5.32 Å². The maximum Gasteiger partial charge on any atom is 0.0641 e. The summed E-state index contributed by atoms with van der Waals surface area (Å²) in [5.74, 6) is 1.84. The fourth-order valence-corrected chi connectivity index (χ4v) is 3.70. The van der Waals surface area contributed by atoms with Crippen LogP contribution in [-0.4, -0.2) is 49.3 Å². The van der Waals surface area contributed by atoms with Crippen molar-refractivity contribution in [2.45, 2.75) is 38.3 Å². The van der Waals surface area contributed by atoms with E-state index in [9.17, 15) is 0 Å². The Hall–Kier alpha value is -0.120. The normalized spacial score (nSPS) is 43.5. The molecule has 3 aliphatic heterocycles. The van der Waals surface area contributed by atoms with Gasteiger partial charge in [-0.05, 0) is 51.6 Å². The summed E-state index contributed by atoms with van der Waals surface area (Å²) in [6, 6.07) is 0.773. The van der Waals surface area contributed by atoms with Gasteiger partial charge in [-0.1, -0.05) is 0 Å². The molecule has 3 saturated heterocycles. The van der Waals surface area contributed by atoms with Gasteiger partial charge in [0.25, 0.3) is 0 Å². The van der Waals surface area contributed by atoms with Gasteiger partial charge >= 0.3 is 0 Å². The highest BCUT2D eigenvalue weighted by Crippen LogP contribution is 2.33. The maximum absolute atomic E-state index is 5.81. The minimum absolute atomic E-state index is 0.0961. The second-order valence-corrected chi connectivity index (χ2v) is 6.39. The summed E-state index contributed by atoms with van der Waals surface area (Å²) >= 11 is 0. The Labute approximate surface area is 98.5 Å². The van der Waals surface area contributed by atoms with Gasteiger partial charge in [-0.15, -0.1) is 0 Å². The van der Waals surface area contributed by atoms with Crippen LogP contribution in [0.3, 0.4) is 0 Å². The van der Waals surface area contributed by atoms with Crippen LogP contribution in [-0.2, 0) is 4.74 Å². The first kappa shape index (κ1) is 11.0. The molecule has 0 radical (unpaired) electrons. The molecule has 0 aliphatic carbocycles. The van der Waals surface area contributed by atoms with Gasteiger partial charge in [0, 0.05) is 25.7 Å². The number of hydrogen-bond acceptors (Lipinski definition) is 3. The van der Waals surface area contributed by atoms with Crippen LogP contribution in [0.25, 0.3) is 0 Å². The van der Waals surface area contributed by atoms with Gasteiger partial charge in [0.1, 0.15) is 0 Å². The number of rotatable bonds is 1. The third-order valence-electron chi connectivity index (χ3n) is 4.61. The summed E-state index contributed by atoms with van der Waals surface area (Å²) < 4.78 is 5.81. The lowest BCUT2D eigenvalue weighted by Crippen LogP contribution is -2.46. The zero-order chi connectivity index (χ0) is 11.2. The molecule has 0 aromatic carbocycles. The van der Waals surface area contributed by atoms with Crippen LogP contribution in [0.1, 0.15) is 26.7 Å². The average molecular weight is 224 g/mol. The largest absolute Gasteiger partial charge is 0.375 e. The summed E-state index contributed by atoms with van der Waals surface area (Å²) in [4.78, 5) is 2.74. The predicted octanol–water partition coefficient (Wildman–Crippen LogP) is 1.10. The van der Waals surface area contributed by atoms with Crippen LogP contribution >= 0.6 is 0 Å². The van der Waals surface area contributed by atoms with Crippen molar-refractivity contribution in [1.82, 2.24) is 10.2 Å². The Morgan fingerprint density at radius 1 is 1.19 bits per heavy atom. The third-order valence-corrected chi connectivity index (χ3v) is 4.61. The molecule has 16 heavy (non-hydrogen) atoms. The van der Waals surface area contributed by atoms with Crippen molar-refractivity contribution in [3.05, 3.63) is 0 Å². The highest BCUT2D eigenvalue weighted by Gasteiger charge is 2.41. The smallest absolute Gasteiger partial charge is 0.0641 e. The molecule has 3 unspecified atom stereocenters. The van der Waals surface area contributed by atoms with Gasteiger partial charge in [0.15, 0.2) is 0 Å². The fraction of sp³-hybridized carbons (Fsp3) is 1.00. The number of ether oxygens (including phenoxy) is 1. The first-order valence-corrected chi connectivity index (χ1v) is 6.73. The predicted molar refractivity (Wildman–Crippen MR) is 64.5 cm³/mol. The van der Waals surface area contributed by atoms with Crippen LogP contribution in [0.15, 0.2) is 0 Å². The van der Waals surface area contributed by atoms with Gasteiger partial charge in [0.05, 0.1) is 5.60 Å². The molecule has 3 fully saturated rings. The summed E-state index contributed by atoms with van der Waals surface area (Å²) in [7, 11) is 0. The molecule has 0 aromatic rings. The van der Waals surface area contributed by atoms with E-state index in [1.807, 2.05) is 0 Å². The number of nitrogens with one attached hydrogen (secondary N) is 1. The quantitative estimate of drug-likeness (QED) is 0.722. The Morgan fingerprint density at radius 2 is 1.88 bits per heavy atom. The van der Waals surface area contributed by atoms with Crippen LogP contribution in [0.4, 0.5) is 0 Å². The van der Waals surface area contributed by atoms with Crippen molar-refractivity contribution in [3.63, 3.8) is 0 Å². The Bertz CT molecular complexity index is 255. The molecule has 0 bridgehead atoms. The van der Waals surface area contributed by atoms with E-state index in [2.05, 4.69) is 24.1 Å². The van der Waals surface area contributed by atoms with Gasteiger partial charge in [-0.3, -0.25) is 4.90 Å². The molecule has 3 heterocycles. The van der Waals surface area contributed by atoms with E-state index in [0.717, 1.165) is 24.5 Å². The van der Waals surface area contributed by atoms with Crippen molar-refractivity contribution >= 4 is 0 Å². The van der Waals surface area contributed by atoms with Crippen molar-refractivity contribution in [2.24, 2.45) is 11.8 Å². The lowest BCUT2D eigenvalue weighted by Gasteiger charge is -2.40. The first-order chi connectivity index (χ1) is 7.64. The summed E-state index contributed by atoms with van der Waals surface area (Å²) in [6.45, 7) is 10.5. The molecular formula is C13H24N2O. The van der Waals surface area contributed by atoms with E-state index >= 15 is 0 Å². The molecule has 3 heteroatoms. The van der Waals surface area contributed by atoms with Gasteiger partial charge in [-0.2, -0.15) is 0 Å². The molecule has 3 aliphatic rings. The number of hydrogen-bond donors (Lipinski definition) is 1. The van der Waals surface area contributed by atoms with Crippen LogP contribution in [0, 0.1) is 11.8 Å². The van der Waals surface area contributed by atoms with E-state index in [1.54, 1.807) is 0 Å². The van der Waals surface area contributed by atoms with Crippen LogP contribution in [0.5, 0.6) is 0 Å². The number of likely N-dealkylation sites (tertiary alicyclic amines) is 1. The topological polar surface area (TPSA) is 24.5 Å². The van der Waals surface area contributed by atoms with Crippen molar-refractivity contribution in [3.8, 4) is 0 Å². The van der Waals surface area contributed by atoms with E-state index in [4.69, 9.17) is 4.74 Å². The highest BCUT2D eigenvalue weighted by molar-refractivity contribution is 4.95. The Morgan fingerprint density at radius 3 is 2.50 bits per heavy atom. The summed E-state index contributed by atoms with van der Waals surface area (Å²) in [5.41, 5.74) is 0.0961. The molecular weight excluding hydrogens is 200 g/mol. The molecule has 0 saturated carbocycles. The summed E-state index contributed by atoms with van der Waals surface area (Å²) in [6.07, 6.45) is 2.44. The summed E-state index contributed by atoms with van der Waals surface area (Å²) in [5, 5.41) is 3.51. The fourth-order valence-electron chi connectivity index (χ4n) is 3.70. The highest BCUT2D eigenvalue weighted by atomic mass is 16.5. The SMILES string of the molecule is CC1(C)CC(N2CC3CNCC3C2)CCO1. The van der Waals surface area contributed by atoms with E-state index in [-0.39, 0.29) is 5.60 Å². The second kappa shape index (κ2) is 3.97. The Kier molecular flexibility index (Phi) is 2.73. The third kappa shape index (κ3) is 2.01. The molecule has 92 valence electrons. The number of fused-ring (bicyclic) bond motifs is 1. The van der Waals surface area contributed by atoms with Gasteiger partial charge < -0.3 is 10.1 Å². The maximum atomic E-state index is 5.81.